The third-order valence-corrected chi connectivity index (χ3v) is 2.14. The molecule has 1 aromatic rings. The van der Waals surface area contributed by atoms with Crippen molar-refractivity contribution in [3.05, 3.63) is 34.4 Å². The van der Waals surface area contributed by atoms with Gasteiger partial charge in [0, 0.05) is 13.2 Å². The summed E-state index contributed by atoms with van der Waals surface area (Å²) in [6.07, 6.45) is 0. The maximum atomic E-state index is 11.6. The van der Waals surface area contributed by atoms with Crippen LogP contribution in [0.5, 0.6) is 0 Å². The number of nitro benzene ring substituents is 1. The van der Waals surface area contributed by atoms with E-state index in [1.807, 2.05) is 0 Å². The molecule has 0 aliphatic carbocycles. The number of hydrogen-bond acceptors (Lipinski definition) is 4. The van der Waals surface area contributed by atoms with Gasteiger partial charge in [-0.3, -0.25) is 10.1 Å². The van der Waals surface area contributed by atoms with Crippen LogP contribution in [0.4, 0.5) is 16.2 Å². The van der Waals surface area contributed by atoms with E-state index in [1.54, 1.807) is 13.0 Å². The van der Waals surface area contributed by atoms with Crippen molar-refractivity contribution in [3.8, 4) is 0 Å². The number of benzene rings is 1. The average Bonchev–Trinajstić information content (AvgIpc) is 2.29. The maximum Gasteiger partial charge on any atom is 0.319 e. The Bertz CT molecular complexity index is 436. The smallest absolute Gasteiger partial charge is 0.319 e. The normalized spacial score (nSPS) is 11.7. The number of para-hydroxylation sites is 2. The molecule has 0 fully saturated rings. The Morgan fingerprint density at radius 3 is 2.78 bits per heavy atom. The van der Waals surface area contributed by atoms with Crippen LogP contribution in [-0.2, 0) is 4.74 Å². The highest BCUT2D eigenvalue weighted by molar-refractivity contribution is 5.91. The molecule has 2 amide bonds. The number of carbonyl (C=O) groups is 1. The molecule has 7 nitrogen and oxygen atoms in total. The Kier molecular flexibility index (Phi) is 5.06. The van der Waals surface area contributed by atoms with Crippen molar-refractivity contribution in [2.75, 3.05) is 19.0 Å². The van der Waals surface area contributed by atoms with E-state index in [0.29, 0.717) is 6.61 Å². The molecule has 0 aliphatic heterocycles. The Labute approximate surface area is 104 Å². The molecule has 98 valence electrons. The molecule has 1 rings (SSSR count). The number of nitro groups is 1. The minimum atomic E-state index is -0.547. The van der Waals surface area contributed by atoms with Gasteiger partial charge in [0.25, 0.3) is 5.69 Å². The standard InChI is InChI=1S/C11H15N3O4/c1-8(7-18-2)12-11(15)13-9-5-3-4-6-10(9)14(16)17/h3-6,8H,7H2,1-2H3,(H2,12,13,15)/t8-/m1/s1. The molecule has 0 aliphatic rings. The lowest BCUT2D eigenvalue weighted by atomic mass is 10.2. The van der Waals surface area contributed by atoms with Gasteiger partial charge in [-0.25, -0.2) is 4.79 Å². The SMILES string of the molecule is COC[C@@H](C)NC(=O)Nc1ccccc1[N+](=O)[O-]. The molecule has 0 radical (unpaired) electrons. The summed E-state index contributed by atoms with van der Waals surface area (Å²) in [5, 5.41) is 15.8. The second kappa shape index (κ2) is 6.55. The summed E-state index contributed by atoms with van der Waals surface area (Å²) in [4.78, 5) is 21.8. The van der Waals surface area contributed by atoms with Crippen molar-refractivity contribution in [1.29, 1.82) is 0 Å². The van der Waals surface area contributed by atoms with Gasteiger partial charge in [-0.1, -0.05) is 12.1 Å². The van der Waals surface area contributed by atoms with E-state index >= 15 is 0 Å². The average molecular weight is 253 g/mol. The van der Waals surface area contributed by atoms with Gasteiger partial charge >= 0.3 is 6.03 Å². The summed E-state index contributed by atoms with van der Waals surface area (Å²) in [7, 11) is 1.53. The summed E-state index contributed by atoms with van der Waals surface area (Å²) < 4.78 is 4.87. The quantitative estimate of drug-likeness (QED) is 0.617. The van der Waals surface area contributed by atoms with Crippen LogP contribution >= 0.6 is 0 Å². The van der Waals surface area contributed by atoms with Gasteiger partial charge in [-0.05, 0) is 13.0 Å². The van der Waals surface area contributed by atoms with E-state index in [4.69, 9.17) is 4.74 Å². The number of rotatable bonds is 5. The topological polar surface area (TPSA) is 93.5 Å². The fourth-order valence-electron chi connectivity index (χ4n) is 1.41. The molecule has 7 heteroatoms. The van der Waals surface area contributed by atoms with Crippen LogP contribution in [0.2, 0.25) is 0 Å². The molecule has 18 heavy (non-hydrogen) atoms. The van der Waals surface area contributed by atoms with E-state index in [2.05, 4.69) is 10.6 Å². The second-order valence-electron chi connectivity index (χ2n) is 3.73. The lowest BCUT2D eigenvalue weighted by molar-refractivity contribution is -0.383. The van der Waals surface area contributed by atoms with Crippen LogP contribution in [0.1, 0.15) is 6.92 Å². The van der Waals surface area contributed by atoms with E-state index in [1.165, 1.54) is 25.3 Å². The monoisotopic (exact) mass is 253 g/mol. The van der Waals surface area contributed by atoms with Gasteiger partial charge < -0.3 is 15.4 Å². The Balaban J connectivity index is 2.67. The molecule has 0 unspecified atom stereocenters. The zero-order chi connectivity index (χ0) is 13.5. The Hall–Kier alpha value is -2.15. The summed E-state index contributed by atoms with van der Waals surface area (Å²) in [5.74, 6) is 0. The van der Waals surface area contributed by atoms with Crippen LogP contribution in [0.25, 0.3) is 0 Å². The van der Waals surface area contributed by atoms with Gasteiger partial charge in [0.05, 0.1) is 17.6 Å². The van der Waals surface area contributed by atoms with E-state index in [-0.39, 0.29) is 17.4 Å². The van der Waals surface area contributed by atoms with Crippen LogP contribution in [-0.4, -0.2) is 30.7 Å². The van der Waals surface area contributed by atoms with E-state index < -0.39 is 11.0 Å². The van der Waals surface area contributed by atoms with Crippen molar-refractivity contribution < 1.29 is 14.5 Å². The van der Waals surface area contributed by atoms with Crippen molar-refractivity contribution in [2.24, 2.45) is 0 Å². The molecule has 0 spiro atoms. The van der Waals surface area contributed by atoms with Crippen LogP contribution in [0.3, 0.4) is 0 Å². The summed E-state index contributed by atoms with van der Waals surface area (Å²) >= 11 is 0. The molecular weight excluding hydrogens is 238 g/mol. The highest BCUT2D eigenvalue weighted by Gasteiger charge is 2.15. The lowest BCUT2D eigenvalue weighted by Gasteiger charge is -2.13. The third kappa shape index (κ3) is 4.02. The van der Waals surface area contributed by atoms with Crippen LogP contribution < -0.4 is 10.6 Å². The minimum Gasteiger partial charge on any atom is -0.383 e. The van der Waals surface area contributed by atoms with Crippen molar-refractivity contribution in [3.63, 3.8) is 0 Å². The predicted octanol–water partition coefficient (Wildman–Crippen LogP) is 1.75. The number of methoxy groups -OCH3 is 1. The number of urea groups is 1. The minimum absolute atomic E-state index is 0.146. The number of amides is 2. The molecule has 0 bridgehead atoms. The largest absolute Gasteiger partial charge is 0.383 e. The Morgan fingerprint density at radius 2 is 2.17 bits per heavy atom. The first-order valence-corrected chi connectivity index (χ1v) is 5.34. The molecule has 0 heterocycles. The molecule has 1 aromatic carbocycles. The number of nitrogens with zero attached hydrogens (tertiary/aromatic N) is 1. The molecule has 0 saturated heterocycles. The van der Waals surface area contributed by atoms with Gasteiger partial charge in [0.1, 0.15) is 5.69 Å². The van der Waals surface area contributed by atoms with Crippen molar-refractivity contribution in [1.82, 2.24) is 5.32 Å². The molecule has 0 aromatic heterocycles. The zero-order valence-electron chi connectivity index (χ0n) is 10.2. The number of carbonyl (C=O) groups excluding carboxylic acids is 1. The Morgan fingerprint density at radius 1 is 1.50 bits per heavy atom. The summed E-state index contributed by atoms with van der Waals surface area (Å²) in [5.41, 5.74) is 0.0108. The molecular formula is C11H15N3O4. The van der Waals surface area contributed by atoms with Crippen molar-refractivity contribution in [2.45, 2.75) is 13.0 Å². The van der Waals surface area contributed by atoms with Crippen LogP contribution in [0.15, 0.2) is 24.3 Å². The molecule has 1 atom stereocenters. The highest BCUT2D eigenvalue weighted by atomic mass is 16.6. The number of ether oxygens (including phenoxy) is 1. The van der Waals surface area contributed by atoms with Gasteiger partial charge in [-0.15, -0.1) is 0 Å². The van der Waals surface area contributed by atoms with Gasteiger partial charge in [0.2, 0.25) is 0 Å². The highest BCUT2D eigenvalue weighted by Crippen LogP contribution is 2.22. The second-order valence-corrected chi connectivity index (χ2v) is 3.73. The number of hydrogen-bond donors (Lipinski definition) is 2. The van der Waals surface area contributed by atoms with Crippen molar-refractivity contribution >= 4 is 17.4 Å². The van der Waals surface area contributed by atoms with E-state index in [0.717, 1.165) is 0 Å². The first-order chi connectivity index (χ1) is 8.54. The fraction of sp³-hybridized carbons (Fsp3) is 0.364. The zero-order valence-corrected chi connectivity index (χ0v) is 10.2. The van der Waals surface area contributed by atoms with Gasteiger partial charge in [-0.2, -0.15) is 0 Å². The lowest BCUT2D eigenvalue weighted by Crippen LogP contribution is -2.38. The first kappa shape index (κ1) is 13.9. The molecule has 0 saturated carbocycles. The van der Waals surface area contributed by atoms with E-state index in [9.17, 15) is 14.9 Å². The number of nitrogens with one attached hydrogen (secondary N) is 2. The van der Waals surface area contributed by atoms with Crippen LogP contribution in [0, 0.1) is 10.1 Å². The third-order valence-electron chi connectivity index (χ3n) is 2.14. The maximum absolute atomic E-state index is 11.6. The number of anilines is 1. The fourth-order valence-corrected chi connectivity index (χ4v) is 1.41. The molecule has 2 N–H and O–H groups in total. The summed E-state index contributed by atoms with van der Waals surface area (Å²) in [6, 6.07) is 5.26. The summed E-state index contributed by atoms with van der Waals surface area (Å²) in [6.45, 7) is 2.13. The van der Waals surface area contributed by atoms with Gasteiger partial charge in [0.15, 0.2) is 0 Å². The first-order valence-electron chi connectivity index (χ1n) is 5.34. The predicted molar refractivity (Wildman–Crippen MR) is 66.6 cm³/mol.